The minimum Gasteiger partial charge on any atom is -0.336 e. The van der Waals surface area contributed by atoms with E-state index in [1.165, 1.54) is 12.8 Å². The lowest BCUT2D eigenvalue weighted by molar-refractivity contribution is -0.139. The summed E-state index contributed by atoms with van der Waals surface area (Å²) < 4.78 is 0. The molecule has 2 saturated carbocycles. The fourth-order valence-electron chi connectivity index (χ4n) is 3.22. The van der Waals surface area contributed by atoms with Gasteiger partial charge in [-0.15, -0.1) is 0 Å². The van der Waals surface area contributed by atoms with Crippen molar-refractivity contribution in [3.63, 3.8) is 0 Å². The van der Waals surface area contributed by atoms with Crippen molar-refractivity contribution in [1.29, 1.82) is 0 Å². The van der Waals surface area contributed by atoms with Crippen molar-refractivity contribution in [3.05, 3.63) is 35.9 Å². The number of hydrogen-bond donors (Lipinski definition) is 1. The maximum Gasteiger partial charge on any atom is 0.227 e. The van der Waals surface area contributed by atoms with E-state index in [0.29, 0.717) is 12.1 Å². The maximum absolute atomic E-state index is 13.0. The third kappa shape index (κ3) is 3.13. The molecule has 2 aliphatic rings. The largest absolute Gasteiger partial charge is 0.336 e. The van der Waals surface area contributed by atoms with Crippen LogP contribution in [0.15, 0.2) is 30.3 Å². The lowest BCUT2D eigenvalue weighted by atomic mass is 9.93. The first-order valence-corrected chi connectivity index (χ1v) is 8.22. The molecule has 3 rings (SSSR count). The Labute approximate surface area is 127 Å². The van der Waals surface area contributed by atoms with E-state index in [1.54, 1.807) is 0 Å². The third-order valence-electron chi connectivity index (χ3n) is 5.05. The Kier molecular flexibility index (Phi) is 4.03. The molecule has 3 atom stereocenters. The highest BCUT2D eigenvalue weighted by atomic mass is 16.2. The van der Waals surface area contributed by atoms with Crippen molar-refractivity contribution in [2.75, 3.05) is 0 Å². The first-order valence-electron chi connectivity index (χ1n) is 8.22. The molecule has 1 aromatic rings. The Morgan fingerprint density at radius 2 is 1.76 bits per heavy atom. The topological polar surface area (TPSA) is 46.3 Å². The molecule has 0 unspecified atom stereocenters. The van der Waals surface area contributed by atoms with Crippen molar-refractivity contribution in [3.8, 4) is 0 Å². The Morgan fingerprint density at radius 3 is 2.29 bits per heavy atom. The normalized spacial score (nSPS) is 22.4. The van der Waals surface area contributed by atoms with Crippen LogP contribution in [0.1, 0.15) is 51.1 Å². The summed E-state index contributed by atoms with van der Waals surface area (Å²) in [6.07, 6.45) is 4.87. The zero-order valence-corrected chi connectivity index (χ0v) is 13.0. The molecule has 0 aliphatic heterocycles. The van der Waals surface area contributed by atoms with E-state index in [9.17, 15) is 4.79 Å². The standard InChI is InChI=1S/C18H26N2O/c1-12(17(19)15-6-4-3-5-7-15)18(21)20(16-10-11-16)13(2)14-8-9-14/h3-7,12-14,16-17H,8-11,19H2,1-2H3/t12-,13+,17-/m0/s1. The lowest BCUT2D eigenvalue weighted by Crippen LogP contribution is -2.46. The van der Waals surface area contributed by atoms with Crippen LogP contribution in [-0.4, -0.2) is 22.9 Å². The molecule has 2 aliphatic carbocycles. The molecule has 0 heterocycles. The highest BCUT2D eigenvalue weighted by molar-refractivity contribution is 5.80. The summed E-state index contributed by atoms with van der Waals surface area (Å²) in [5.41, 5.74) is 7.39. The quantitative estimate of drug-likeness (QED) is 0.873. The van der Waals surface area contributed by atoms with E-state index >= 15 is 0 Å². The summed E-state index contributed by atoms with van der Waals surface area (Å²) in [6, 6.07) is 10.6. The van der Waals surface area contributed by atoms with Gasteiger partial charge >= 0.3 is 0 Å². The molecule has 0 radical (unpaired) electrons. The second-order valence-corrected chi connectivity index (χ2v) is 6.78. The minimum atomic E-state index is -0.216. The average molecular weight is 286 g/mol. The van der Waals surface area contributed by atoms with E-state index in [-0.39, 0.29) is 17.9 Å². The van der Waals surface area contributed by atoms with Crippen molar-refractivity contribution < 1.29 is 4.79 Å². The van der Waals surface area contributed by atoms with Crippen LogP contribution in [0.4, 0.5) is 0 Å². The van der Waals surface area contributed by atoms with Crippen LogP contribution in [0.5, 0.6) is 0 Å². The number of carbonyl (C=O) groups is 1. The fraction of sp³-hybridized carbons (Fsp3) is 0.611. The van der Waals surface area contributed by atoms with Gasteiger partial charge in [-0.3, -0.25) is 4.79 Å². The number of rotatable bonds is 6. The molecule has 1 amide bonds. The van der Waals surface area contributed by atoms with E-state index < -0.39 is 0 Å². The first kappa shape index (κ1) is 14.6. The fourth-order valence-corrected chi connectivity index (χ4v) is 3.22. The number of amides is 1. The number of nitrogens with zero attached hydrogens (tertiary/aromatic N) is 1. The molecule has 0 aromatic heterocycles. The molecule has 1 aromatic carbocycles. The molecular formula is C18H26N2O. The van der Waals surface area contributed by atoms with Crippen molar-refractivity contribution in [2.45, 2.75) is 57.7 Å². The van der Waals surface area contributed by atoms with Gasteiger partial charge in [0, 0.05) is 18.1 Å². The Morgan fingerprint density at radius 1 is 1.14 bits per heavy atom. The predicted octanol–water partition coefficient (Wildman–Crippen LogP) is 3.11. The smallest absolute Gasteiger partial charge is 0.227 e. The summed E-state index contributed by atoms with van der Waals surface area (Å²) >= 11 is 0. The lowest BCUT2D eigenvalue weighted by Gasteiger charge is -2.33. The molecule has 0 bridgehead atoms. The van der Waals surface area contributed by atoms with Crippen molar-refractivity contribution in [2.24, 2.45) is 17.6 Å². The van der Waals surface area contributed by atoms with Crippen LogP contribution in [0.25, 0.3) is 0 Å². The molecule has 2 fully saturated rings. The zero-order chi connectivity index (χ0) is 15.0. The van der Waals surface area contributed by atoms with Gasteiger partial charge in [-0.2, -0.15) is 0 Å². The van der Waals surface area contributed by atoms with Crippen LogP contribution in [0, 0.1) is 11.8 Å². The van der Waals surface area contributed by atoms with Crippen LogP contribution < -0.4 is 5.73 Å². The number of carbonyl (C=O) groups excluding carboxylic acids is 1. The van der Waals surface area contributed by atoms with Gasteiger partial charge in [-0.1, -0.05) is 37.3 Å². The Bertz CT molecular complexity index is 493. The molecule has 3 nitrogen and oxygen atoms in total. The van der Waals surface area contributed by atoms with Crippen molar-refractivity contribution >= 4 is 5.91 Å². The monoisotopic (exact) mass is 286 g/mol. The SMILES string of the molecule is C[C@H](C(=O)N(C1CC1)[C@H](C)C1CC1)[C@H](N)c1ccccc1. The van der Waals surface area contributed by atoms with Crippen LogP contribution >= 0.6 is 0 Å². The maximum atomic E-state index is 13.0. The van der Waals surface area contributed by atoms with E-state index in [4.69, 9.17) is 5.73 Å². The molecule has 3 heteroatoms. The highest BCUT2D eigenvalue weighted by Gasteiger charge is 2.43. The number of benzene rings is 1. The van der Waals surface area contributed by atoms with Gasteiger partial charge < -0.3 is 10.6 Å². The van der Waals surface area contributed by atoms with Gasteiger partial charge in [0.2, 0.25) is 5.91 Å². The molecular weight excluding hydrogens is 260 g/mol. The van der Waals surface area contributed by atoms with Gasteiger partial charge in [0.15, 0.2) is 0 Å². The first-order chi connectivity index (χ1) is 10.1. The Hall–Kier alpha value is -1.35. The third-order valence-corrected chi connectivity index (χ3v) is 5.05. The molecule has 114 valence electrons. The second-order valence-electron chi connectivity index (χ2n) is 6.78. The summed E-state index contributed by atoms with van der Waals surface area (Å²) in [5, 5.41) is 0. The van der Waals surface area contributed by atoms with E-state index in [1.807, 2.05) is 37.3 Å². The van der Waals surface area contributed by atoms with Crippen molar-refractivity contribution in [1.82, 2.24) is 4.90 Å². The summed E-state index contributed by atoms with van der Waals surface area (Å²) in [6.45, 7) is 4.20. The summed E-state index contributed by atoms with van der Waals surface area (Å²) in [5.74, 6) is 0.803. The van der Waals surface area contributed by atoms with Crippen LogP contribution in [0.2, 0.25) is 0 Å². The minimum absolute atomic E-state index is 0.158. The summed E-state index contributed by atoms with van der Waals surface area (Å²) in [7, 11) is 0. The molecule has 2 N–H and O–H groups in total. The van der Waals surface area contributed by atoms with Crippen LogP contribution in [-0.2, 0) is 4.79 Å². The summed E-state index contributed by atoms with van der Waals surface area (Å²) in [4.78, 5) is 15.1. The van der Waals surface area contributed by atoms with E-state index in [2.05, 4.69) is 11.8 Å². The zero-order valence-electron chi connectivity index (χ0n) is 13.0. The highest BCUT2D eigenvalue weighted by Crippen LogP contribution is 2.41. The van der Waals surface area contributed by atoms with E-state index in [0.717, 1.165) is 24.3 Å². The van der Waals surface area contributed by atoms with Gasteiger partial charge in [0.05, 0.1) is 5.92 Å². The average Bonchev–Trinajstić information content (AvgIpc) is 3.39. The molecule has 0 spiro atoms. The Balaban J connectivity index is 1.72. The van der Waals surface area contributed by atoms with Gasteiger partial charge in [0.1, 0.15) is 0 Å². The predicted molar refractivity (Wildman–Crippen MR) is 84.6 cm³/mol. The molecule has 0 saturated heterocycles. The van der Waals surface area contributed by atoms with Gasteiger partial charge in [-0.25, -0.2) is 0 Å². The molecule has 21 heavy (non-hydrogen) atoms. The number of nitrogens with two attached hydrogens (primary N) is 1. The van der Waals surface area contributed by atoms with Gasteiger partial charge in [0.25, 0.3) is 0 Å². The van der Waals surface area contributed by atoms with Crippen LogP contribution in [0.3, 0.4) is 0 Å². The number of hydrogen-bond acceptors (Lipinski definition) is 2. The second kappa shape index (κ2) is 5.80. The van der Waals surface area contributed by atoms with Gasteiger partial charge in [-0.05, 0) is 44.1 Å².